The maximum Gasteiger partial charge on any atom is 0.324 e. The molecule has 6 nitrogen and oxygen atoms in total. The monoisotopic (exact) mass is 297 g/mol. The third-order valence-electron chi connectivity index (χ3n) is 3.14. The van der Waals surface area contributed by atoms with E-state index in [2.05, 4.69) is 10.3 Å². The van der Waals surface area contributed by atoms with Gasteiger partial charge in [-0.2, -0.15) is 0 Å². The summed E-state index contributed by atoms with van der Waals surface area (Å²) < 4.78 is 0. The summed E-state index contributed by atoms with van der Waals surface area (Å²) in [7, 11) is 0. The molecule has 0 radical (unpaired) electrons. The molecule has 0 fully saturated rings. The van der Waals surface area contributed by atoms with Gasteiger partial charge in [-0.15, -0.1) is 0 Å². The van der Waals surface area contributed by atoms with Crippen molar-refractivity contribution in [2.75, 3.05) is 6.54 Å². The van der Waals surface area contributed by atoms with Crippen LogP contribution in [0.25, 0.3) is 0 Å². The van der Waals surface area contributed by atoms with Crippen LogP contribution in [0.15, 0.2) is 54.7 Å². The molecule has 22 heavy (non-hydrogen) atoms. The highest BCUT2D eigenvalue weighted by Gasteiger charge is 2.16. The molecule has 1 aromatic heterocycles. The maximum atomic E-state index is 12.2. The fraction of sp³-hybridized carbons (Fsp3) is 0.188. The summed E-state index contributed by atoms with van der Waals surface area (Å²) in [6.45, 7) is 0.708. The van der Waals surface area contributed by atoms with Gasteiger partial charge in [0.25, 0.3) is 0 Å². The molecule has 1 heterocycles. The third-order valence-corrected chi connectivity index (χ3v) is 3.14. The van der Waals surface area contributed by atoms with Crippen molar-refractivity contribution in [1.82, 2.24) is 15.2 Å². The van der Waals surface area contributed by atoms with Crippen LogP contribution in [0.2, 0.25) is 0 Å². The van der Waals surface area contributed by atoms with Crippen molar-refractivity contribution in [1.29, 1.82) is 5.41 Å². The molecule has 6 heteroatoms. The van der Waals surface area contributed by atoms with Crippen LogP contribution in [0.1, 0.15) is 11.3 Å². The standard InChI is InChI=1S/C16H19N5O/c17-15(18)21(11-9-14-8-4-5-10-19-14)16(22)20-12-13-6-2-1-3-7-13/h1-8,10H,9,11-12H2,(H3,17,18)(H,20,22). The Balaban J connectivity index is 1.89. The van der Waals surface area contributed by atoms with E-state index in [0.717, 1.165) is 11.3 Å². The summed E-state index contributed by atoms with van der Waals surface area (Å²) in [5.74, 6) is -0.276. The molecule has 0 aliphatic carbocycles. The summed E-state index contributed by atoms with van der Waals surface area (Å²) >= 11 is 0. The minimum Gasteiger partial charge on any atom is -0.370 e. The van der Waals surface area contributed by atoms with E-state index < -0.39 is 0 Å². The first-order valence-corrected chi connectivity index (χ1v) is 7.00. The fourth-order valence-electron chi connectivity index (χ4n) is 1.97. The Hall–Kier alpha value is -2.89. The minimum absolute atomic E-state index is 0.276. The average Bonchev–Trinajstić information content (AvgIpc) is 2.55. The number of hydrogen-bond acceptors (Lipinski definition) is 3. The predicted octanol–water partition coefficient (Wildman–Crippen LogP) is 1.73. The summed E-state index contributed by atoms with van der Waals surface area (Å²) in [6.07, 6.45) is 2.24. The lowest BCUT2D eigenvalue weighted by atomic mass is 10.2. The lowest BCUT2D eigenvalue weighted by Crippen LogP contribution is -2.47. The lowest BCUT2D eigenvalue weighted by molar-refractivity contribution is 0.220. The number of amides is 2. The van der Waals surface area contributed by atoms with E-state index in [1.54, 1.807) is 6.20 Å². The Kier molecular flexibility index (Phi) is 5.48. The van der Waals surface area contributed by atoms with E-state index in [1.165, 1.54) is 4.90 Å². The molecule has 2 rings (SSSR count). The highest BCUT2D eigenvalue weighted by molar-refractivity contribution is 5.93. The largest absolute Gasteiger partial charge is 0.370 e. The Morgan fingerprint density at radius 1 is 1.18 bits per heavy atom. The number of urea groups is 1. The second-order valence-electron chi connectivity index (χ2n) is 4.75. The topological polar surface area (TPSA) is 95.1 Å². The number of benzene rings is 1. The van der Waals surface area contributed by atoms with Crippen LogP contribution in [-0.4, -0.2) is 28.4 Å². The van der Waals surface area contributed by atoms with E-state index in [4.69, 9.17) is 11.1 Å². The zero-order valence-electron chi connectivity index (χ0n) is 12.2. The van der Waals surface area contributed by atoms with Crippen molar-refractivity contribution in [2.24, 2.45) is 5.73 Å². The zero-order chi connectivity index (χ0) is 15.8. The molecule has 0 spiro atoms. The number of aromatic nitrogens is 1. The molecule has 0 aliphatic heterocycles. The van der Waals surface area contributed by atoms with E-state index >= 15 is 0 Å². The number of carbonyl (C=O) groups excluding carboxylic acids is 1. The van der Waals surface area contributed by atoms with Gasteiger partial charge in [-0.1, -0.05) is 36.4 Å². The van der Waals surface area contributed by atoms with Crippen molar-refractivity contribution < 1.29 is 4.79 Å². The summed E-state index contributed by atoms with van der Waals surface area (Å²) in [6, 6.07) is 14.8. The van der Waals surface area contributed by atoms with E-state index in [9.17, 15) is 4.79 Å². The smallest absolute Gasteiger partial charge is 0.324 e. The molecule has 4 N–H and O–H groups in total. The zero-order valence-corrected chi connectivity index (χ0v) is 12.2. The second kappa shape index (κ2) is 7.78. The molecule has 2 aromatic rings. The van der Waals surface area contributed by atoms with Crippen LogP contribution in [-0.2, 0) is 13.0 Å². The number of rotatable bonds is 5. The van der Waals surface area contributed by atoms with Crippen molar-refractivity contribution in [3.05, 3.63) is 66.0 Å². The van der Waals surface area contributed by atoms with E-state index in [-0.39, 0.29) is 12.0 Å². The van der Waals surface area contributed by atoms with Crippen LogP contribution < -0.4 is 11.1 Å². The number of nitrogens with one attached hydrogen (secondary N) is 2. The highest BCUT2D eigenvalue weighted by Crippen LogP contribution is 2.01. The number of nitrogens with two attached hydrogens (primary N) is 1. The SMILES string of the molecule is N=C(N)N(CCc1ccccn1)C(=O)NCc1ccccc1. The molecule has 0 atom stereocenters. The fourth-order valence-corrected chi connectivity index (χ4v) is 1.97. The van der Waals surface area contributed by atoms with Crippen molar-refractivity contribution in [3.8, 4) is 0 Å². The number of guanidine groups is 1. The Morgan fingerprint density at radius 3 is 2.55 bits per heavy atom. The predicted molar refractivity (Wildman–Crippen MR) is 85.2 cm³/mol. The second-order valence-corrected chi connectivity index (χ2v) is 4.75. The van der Waals surface area contributed by atoms with Crippen LogP contribution in [0, 0.1) is 5.41 Å². The van der Waals surface area contributed by atoms with Gasteiger partial charge in [-0.25, -0.2) is 4.79 Å². The first-order chi connectivity index (χ1) is 10.7. The van der Waals surface area contributed by atoms with Crippen LogP contribution >= 0.6 is 0 Å². The van der Waals surface area contributed by atoms with Gasteiger partial charge < -0.3 is 11.1 Å². The first kappa shape index (κ1) is 15.5. The van der Waals surface area contributed by atoms with Crippen molar-refractivity contribution in [3.63, 3.8) is 0 Å². The lowest BCUT2D eigenvalue weighted by Gasteiger charge is -2.21. The Labute approximate surface area is 129 Å². The molecule has 1 aromatic carbocycles. The molecule has 0 saturated carbocycles. The van der Waals surface area contributed by atoms with Crippen LogP contribution in [0.4, 0.5) is 4.79 Å². The van der Waals surface area contributed by atoms with Gasteiger partial charge in [0.15, 0.2) is 5.96 Å². The molecule has 0 unspecified atom stereocenters. The molecular weight excluding hydrogens is 278 g/mol. The van der Waals surface area contributed by atoms with Gasteiger partial charge in [0, 0.05) is 31.4 Å². The molecule has 2 amide bonds. The van der Waals surface area contributed by atoms with Crippen LogP contribution in [0.3, 0.4) is 0 Å². The molecule has 0 bridgehead atoms. The molecule has 0 saturated heterocycles. The van der Waals surface area contributed by atoms with Gasteiger partial charge in [0.05, 0.1) is 0 Å². The molecule has 114 valence electrons. The first-order valence-electron chi connectivity index (χ1n) is 7.00. The quantitative estimate of drug-likeness (QED) is 0.579. The van der Waals surface area contributed by atoms with E-state index in [0.29, 0.717) is 19.5 Å². The average molecular weight is 297 g/mol. The minimum atomic E-state index is -0.382. The normalized spacial score (nSPS) is 10.0. The van der Waals surface area contributed by atoms with Gasteiger partial charge in [0.2, 0.25) is 0 Å². The number of hydrogen-bond donors (Lipinski definition) is 3. The summed E-state index contributed by atoms with van der Waals surface area (Å²) in [5.41, 5.74) is 7.34. The van der Waals surface area contributed by atoms with Crippen molar-refractivity contribution >= 4 is 12.0 Å². The van der Waals surface area contributed by atoms with Gasteiger partial charge in [-0.05, 0) is 17.7 Å². The van der Waals surface area contributed by atoms with E-state index in [1.807, 2.05) is 48.5 Å². The summed E-state index contributed by atoms with van der Waals surface area (Å²) in [5, 5.41) is 10.3. The molecular formula is C16H19N5O. The van der Waals surface area contributed by atoms with Gasteiger partial charge in [-0.3, -0.25) is 15.3 Å². The Morgan fingerprint density at radius 2 is 1.91 bits per heavy atom. The van der Waals surface area contributed by atoms with Crippen molar-refractivity contribution in [2.45, 2.75) is 13.0 Å². The Bertz CT molecular complexity index is 615. The third kappa shape index (κ3) is 4.59. The summed E-state index contributed by atoms with van der Waals surface area (Å²) in [4.78, 5) is 17.6. The van der Waals surface area contributed by atoms with Crippen LogP contribution in [0.5, 0.6) is 0 Å². The molecule has 0 aliphatic rings. The maximum absolute atomic E-state index is 12.2. The number of pyridine rings is 1. The van der Waals surface area contributed by atoms with Gasteiger partial charge >= 0.3 is 6.03 Å². The number of nitrogens with zero attached hydrogens (tertiary/aromatic N) is 2. The number of carbonyl (C=O) groups is 1. The highest BCUT2D eigenvalue weighted by atomic mass is 16.2. The van der Waals surface area contributed by atoms with Gasteiger partial charge in [0.1, 0.15) is 0 Å².